The van der Waals surface area contributed by atoms with Crippen molar-refractivity contribution in [3.05, 3.63) is 17.2 Å². The van der Waals surface area contributed by atoms with Crippen molar-refractivity contribution >= 4 is 5.97 Å². The first kappa shape index (κ1) is 13.6. The summed E-state index contributed by atoms with van der Waals surface area (Å²) in [6.45, 7) is 5.88. The highest BCUT2D eigenvalue weighted by molar-refractivity contribution is 5.87. The third kappa shape index (κ3) is 2.13. The summed E-state index contributed by atoms with van der Waals surface area (Å²) >= 11 is 0. The number of aromatic carboxylic acids is 1. The molecule has 1 fully saturated rings. The van der Waals surface area contributed by atoms with Crippen LogP contribution >= 0.6 is 0 Å². The Kier molecular flexibility index (Phi) is 3.52. The number of rotatable bonds is 3. The molecule has 6 heteroatoms. The van der Waals surface area contributed by atoms with E-state index < -0.39 is 12.1 Å². The van der Waals surface area contributed by atoms with E-state index in [0.717, 1.165) is 44.8 Å². The minimum atomic E-state index is -1.04. The van der Waals surface area contributed by atoms with Crippen LogP contribution in [-0.4, -0.2) is 50.3 Å². The van der Waals surface area contributed by atoms with Gasteiger partial charge in [-0.2, -0.15) is 0 Å². The minimum Gasteiger partial charge on any atom is -0.476 e. The highest BCUT2D eigenvalue weighted by atomic mass is 16.4. The molecule has 0 spiro atoms. The van der Waals surface area contributed by atoms with Crippen molar-refractivity contribution < 1.29 is 15.0 Å². The van der Waals surface area contributed by atoms with Crippen LogP contribution in [0.1, 0.15) is 60.2 Å². The molecule has 3 rings (SSSR count). The molecular formula is C14H21N3O3. The van der Waals surface area contributed by atoms with Gasteiger partial charge >= 0.3 is 5.97 Å². The van der Waals surface area contributed by atoms with Gasteiger partial charge in [0.05, 0.1) is 11.8 Å². The van der Waals surface area contributed by atoms with Gasteiger partial charge in [-0.3, -0.25) is 0 Å². The number of carboxylic acid groups (broad SMARTS) is 1. The minimum absolute atomic E-state index is 0.0437. The number of carboxylic acids is 1. The first-order valence-electron chi connectivity index (χ1n) is 7.35. The van der Waals surface area contributed by atoms with Gasteiger partial charge in [0.1, 0.15) is 5.82 Å². The predicted molar refractivity (Wildman–Crippen MR) is 72.9 cm³/mol. The number of nitrogens with zero attached hydrogens (tertiary/aromatic N) is 3. The standard InChI is InChI=1S/C14H21N3O3/c1-2-16-7-5-9(8-16)13-15-11(14(19)20)12-10(18)4-3-6-17(12)13/h9-10,18H,2-8H2,1H3,(H,19,20). The van der Waals surface area contributed by atoms with Crippen molar-refractivity contribution in [1.29, 1.82) is 0 Å². The highest BCUT2D eigenvalue weighted by Gasteiger charge is 2.34. The second kappa shape index (κ2) is 5.18. The van der Waals surface area contributed by atoms with Crippen LogP contribution in [0.15, 0.2) is 0 Å². The molecule has 2 unspecified atom stereocenters. The number of hydrogen-bond donors (Lipinski definition) is 2. The van der Waals surface area contributed by atoms with Crippen LogP contribution in [-0.2, 0) is 6.54 Å². The molecular weight excluding hydrogens is 258 g/mol. The molecule has 1 aromatic rings. The van der Waals surface area contributed by atoms with Crippen LogP contribution in [0, 0.1) is 0 Å². The van der Waals surface area contributed by atoms with E-state index in [1.54, 1.807) is 0 Å². The zero-order chi connectivity index (χ0) is 14.3. The predicted octanol–water partition coefficient (Wildman–Crippen LogP) is 1.22. The van der Waals surface area contributed by atoms with Gasteiger partial charge in [-0.1, -0.05) is 6.92 Å². The molecule has 110 valence electrons. The largest absolute Gasteiger partial charge is 0.476 e. The molecule has 1 saturated heterocycles. The topological polar surface area (TPSA) is 78.6 Å². The second-order valence-corrected chi connectivity index (χ2v) is 5.70. The fraction of sp³-hybridized carbons (Fsp3) is 0.714. The maximum atomic E-state index is 11.4. The maximum Gasteiger partial charge on any atom is 0.356 e. The quantitative estimate of drug-likeness (QED) is 0.869. The number of likely N-dealkylation sites (N-methyl/N-ethyl adjacent to an activating group) is 1. The van der Waals surface area contributed by atoms with Crippen LogP contribution in [0.4, 0.5) is 0 Å². The Labute approximate surface area is 118 Å². The van der Waals surface area contributed by atoms with Crippen LogP contribution < -0.4 is 0 Å². The lowest BCUT2D eigenvalue weighted by Gasteiger charge is -2.23. The van der Waals surface area contributed by atoms with Gasteiger partial charge in [-0.05, 0) is 32.4 Å². The summed E-state index contributed by atoms with van der Waals surface area (Å²) in [5, 5.41) is 19.4. The van der Waals surface area contributed by atoms with Gasteiger partial charge in [-0.15, -0.1) is 0 Å². The zero-order valence-electron chi connectivity index (χ0n) is 11.7. The summed E-state index contributed by atoms with van der Waals surface area (Å²) in [6.07, 6.45) is 1.82. The summed E-state index contributed by atoms with van der Waals surface area (Å²) in [6, 6.07) is 0. The summed E-state index contributed by atoms with van der Waals surface area (Å²) in [7, 11) is 0. The summed E-state index contributed by atoms with van der Waals surface area (Å²) < 4.78 is 1.96. The van der Waals surface area contributed by atoms with Crippen molar-refractivity contribution in [2.75, 3.05) is 19.6 Å². The number of aliphatic hydroxyl groups excluding tert-OH is 1. The third-order valence-electron chi connectivity index (χ3n) is 4.50. The van der Waals surface area contributed by atoms with E-state index in [0.29, 0.717) is 12.1 Å². The number of carbonyl (C=O) groups is 1. The van der Waals surface area contributed by atoms with Gasteiger partial charge in [0.15, 0.2) is 5.69 Å². The molecule has 3 heterocycles. The fourth-order valence-electron chi connectivity index (χ4n) is 3.44. The number of likely N-dealkylation sites (tertiary alicyclic amines) is 1. The lowest BCUT2D eigenvalue weighted by atomic mass is 10.0. The van der Waals surface area contributed by atoms with Crippen LogP contribution in [0.3, 0.4) is 0 Å². The van der Waals surface area contributed by atoms with E-state index in [1.807, 2.05) is 4.57 Å². The Bertz CT molecular complexity index is 526. The Balaban J connectivity index is 2.00. The van der Waals surface area contributed by atoms with Crippen molar-refractivity contribution in [3.8, 4) is 0 Å². The molecule has 2 aliphatic heterocycles. The molecule has 2 N–H and O–H groups in total. The Hall–Kier alpha value is -1.40. The molecule has 20 heavy (non-hydrogen) atoms. The van der Waals surface area contributed by atoms with E-state index in [9.17, 15) is 15.0 Å². The average molecular weight is 279 g/mol. The van der Waals surface area contributed by atoms with Gasteiger partial charge in [0.2, 0.25) is 0 Å². The van der Waals surface area contributed by atoms with Crippen molar-refractivity contribution in [3.63, 3.8) is 0 Å². The number of aliphatic hydroxyl groups is 1. The zero-order valence-corrected chi connectivity index (χ0v) is 11.7. The van der Waals surface area contributed by atoms with Gasteiger partial charge < -0.3 is 19.7 Å². The number of imidazole rings is 1. The Morgan fingerprint density at radius 1 is 1.40 bits per heavy atom. The monoisotopic (exact) mass is 279 g/mol. The molecule has 1 aromatic heterocycles. The smallest absolute Gasteiger partial charge is 0.356 e. The number of hydrogen-bond acceptors (Lipinski definition) is 4. The van der Waals surface area contributed by atoms with Crippen molar-refractivity contribution in [2.45, 2.75) is 44.8 Å². The number of aromatic nitrogens is 2. The lowest BCUT2D eigenvalue weighted by Crippen LogP contribution is -2.22. The molecule has 0 aromatic carbocycles. The Morgan fingerprint density at radius 3 is 2.85 bits per heavy atom. The molecule has 0 radical (unpaired) electrons. The van der Waals surface area contributed by atoms with Gasteiger partial charge in [0, 0.05) is 19.0 Å². The molecule has 0 aliphatic carbocycles. The number of fused-ring (bicyclic) bond motifs is 1. The van der Waals surface area contributed by atoms with Crippen molar-refractivity contribution in [2.24, 2.45) is 0 Å². The second-order valence-electron chi connectivity index (χ2n) is 5.70. The van der Waals surface area contributed by atoms with E-state index in [1.165, 1.54) is 0 Å². The molecule has 0 amide bonds. The molecule has 2 aliphatic rings. The van der Waals surface area contributed by atoms with E-state index in [2.05, 4.69) is 16.8 Å². The van der Waals surface area contributed by atoms with E-state index in [-0.39, 0.29) is 11.6 Å². The SMILES string of the molecule is CCN1CCC(c2nc(C(=O)O)c3n2CCCC3O)C1. The first-order chi connectivity index (χ1) is 9.61. The molecule has 0 bridgehead atoms. The molecule has 2 atom stereocenters. The van der Waals surface area contributed by atoms with E-state index >= 15 is 0 Å². The fourth-order valence-corrected chi connectivity index (χ4v) is 3.44. The molecule has 6 nitrogen and oxygen atoms in total. The molecule has 0 saturated carbocycles. The first-order valence-corrected chi connectivity index (χ1v) is 7.35. The van der Waals surface area contributed by atoms with Crippen LogP contribution in [0.2, 0.25) is 0 Å². The average Bonchev–Trinajstić information content (AvgIpc) is 3.02. The summed E-state index contributed by atoms with van der Waals surface area (Å²) in [5.74, 6) is 0.102. The maximum absolute atomic E-state index is 11.4. The third-order valence-corrected chi connectivity index (χ3v) is 4.50. The lowest BCUT2D eigenvalue weighted by molar-refractivity contribution is 0.0677. The van der Waals surface area contributed by atoms with Crippen LogP contribution in [0.25, 0.3) is 0 Å². The van der Waals surface area contributed by atoms with Crippen LogP contribution in [0.5, 0.6) is 0 Å². The summed E-state index contributed by atoms with van der Waals surface area (Å²) in [4.78, 5) is 18.1. The highest BCUT2D eigenvalue weighted by Crippen LogP contribution is 2.34. The van der Waals surface area contributed by atoms with E-state index in [4.69, 9.17) is 0 Å². The van der Waals surface area contributed by atoms with Gasteiger partial charge in [0.25, 0.3) is 0 Å². The van der Waals surface area contributed by atoms with Crippen molar-refractivity contribution in [1.82, 2.24) is 14.5 Å². The normalized spacial score (nSPS) is 26.7. The Morgan fingerprint density at radius 2 is 2.20 bits per heavy atom. The van der Waals surface area contributed by atoms with Gasteiger partial charge in [-0.25, -0.2) is 9.78 Å². The summed E-state index contributed by atoms with van der Waals surface area (Å²) in [5.41, 5.74) is 0.552.